The van der Waals surface area contributed by atoms with E-state index in [2.05, 4.69) is 170 Å². The lowest BCUT2D eigenvalue weighted by Crippen LogP contribution is -1.93. The summed E-state index contributed by atoms with van der Waals surface area (Å²) in [5, 5.41) is 10.4. The molecule has 6 aromatic heterocycles. The zero-order valence-corrected chi connectivity index (χ0v) is 38.1. The monoisotopic (exact) mass is 906 g/mol. The van der Waals surface area contributed by atoms with Gasteiger partial charge in [0.05, 0.1) is 32.5 Å². The van der Waals surface area contributed by atoms with Crippen molar-refractivity contribution in [2.75, 3.05) is 7.11 Å². The van der Waals surface area contributed by atoms with Gasteiger partial charge in [-0.25, -0.2) is 0 Å². The molecule has 0 bridgehead atoms. The number of rotatable bonds is 9. The van der Waals surface area contributed by atoms with E-state index in [9.17, 15) is 5.11 Å². The zero-order valence-electron chi connectivity index (χ0n) is 33.2. The minimum Gasteiger partial charge on any atom is -0.497 e. The summed E-state index contributed by atoms with van der Waals surface area (Å²) >= 11 is 11.5. The van der Waals surface area contributed by atoms with E-state index in [0.717, 1.165) is 33.6 Å². The van der Waals surface area contributed by atoms with Gasteiger partial charge in [-0.1, -0.05) is 121 Å². The van der Waals surface area contributed by atoms with Crippen LogP contribution < -0.4 is 4.74 Å². The molecule has 0 fully saturated rings. The highest BCUT2D eigenvalue weighted by atomic mass is 32.1. The SMILES string of the molecule is COc1cc(-c2ccccc2)c(-c2cc3sc4cc(-c5cc6sc7cc(-c8c(-c9ccccc9)cc(CO)cc8-c8ccccc8)sc7c6s5)sc4c3s2)c(-c2ccccc2)c1. The van der Waals surface area contributed by atoms with Crippen LogP contribution in [0.4, 0.5) is 0 Å². The van der Waals surface area contributed by atoms with Crippen LogP contribution in [-0.2, 0) is 6.61 Å². The highest BCUT2D eigenvalue weighted by molar-refractivity contribution is 7.42. The van der Waals surface area contributed by atoms with Gasteiger partial charge in [-0.2, -0.15) is 0 Å². The molecular weight excluding hydrogens is 873 g/mol. The molecule has 0 unspecified atom stereocenters. The predicted octanol–water partition coefficient (Wildman–Crippen LogP) is 17.8. The molecule has 0 saturated carbocycles. The second kappa shape index (κ2) is 15.6. The lowest BCUT2D eigenvalue weighted by molar-refractivity contribution is 0.282. The van der Waals surface area contributed by atoms with Gasteiger partial charge in [0.2, 0.25) is 0 Å². The Kier molecular flexibility index (Phi) is 9.56. The van der Waals surface area contributed by atoms with Crippen LogP contribution in [-0.4, -0.2) is 12.2 Å². The molecule has 6 heterocycles. The molecule has 12 aromatic rings. The van der Waals surface area contributed by atoms with Crippen molar-refractivity contribution in [2.24, 2.45) is 0 Å². The van der Waals surface area contributed by atoms with E-state index in [1.807, 2.05) is 68.0 Å². The molecule has 0 amide bonds. The summed E-state index contributed by atoms with van der Waals surface area (Å²) in [7, 11) is 1.75. The molecule has 2 nitrogen and oxygen atoms in total. The topological polar surface area (TPSA) is 29.5 Å². The number of hydrogen-bond acceptors (Lipinski definition) is 8. The second-order valence-electron chi connectivity index (χ2n) is 15.2. The van der Waals surface area contributed by atoms with Gasteiger partial charge in [0.25, 0.3) is 0 Å². The summed E-state index contributed by atoms with van der Waals surface area (Å²) < 4.78 is 16.7. The Bertz CT molecular complexity index is 3220. The molecule has 298 valence electrons. The van der Waals surface area contributed by atoms with Crippen molar-refractivity contribution in [3.8, 4) is 80.9 Å². The number of benzene rings is 6. The first-order chi connectivity index (χ1) is 30.6. The number of hydrogen-bond donors (Lipinski definition) is 1. The van der Waals surface area contributed by atoms with Crippen LogP contribution >= 0.6 is 68.0 Å². The summed E-state index contributed by atoms with van der Waals surface area (Å²) in [4.78, 5) is 5.18. The maximum atomic E-state index is 10.4. The Balaban J connectivity index is 0.961. The van der Waals surface area contributed by atoms with Crippen molar-refractivity contribution >= 4 is 106 Å². The summed E-state index contributed by atoms with van der Waals surface area (Å²) in [5.74, 6) is 0.854. The third kappa shape index (κ3) is 6.48. The maximum absolute atomic E-state index is 10.4. The first kappa shape index (κ1) is 38.0. The Hall–Kier alpha value is -5.68. The number of aliphatic hydroxyl groups is 1. The molecule has 0 atom stereocenters. The van der Waals surface area contributed by atoms with Crippen molar-refractivity contribution in [3.05, 3.63) is 175 Å². The Morgan fingerprint density at radius 2 is 0.677 bits per heavy atom. The van der Waals surface area contributed by atoms with E-state index in [1.54, 1.807) is 7.11 Å². The third-order valence-corrected chi connectivity index (χ3v) is 19.2. The fourth-order valence-corrected chi connectivity index (χ4v) is 16.9. The maximum Gasteiger partial charge on any atom is 0.120 e. The van der Waals surface area contributed by atoms with Gasteiger partial charge >= 0.3 is 0 Å². The molecule has 62 heavy (non-hydrogen) atoms. The molecule has 0 aliphatic carbocycles. The van der Waals surface area contributed by atoms with E-state index in [0.29, 0.717) is 0 Å². The summed E-state index contributed by atoms with van der Waals surface area (Å²) in [6.45, 7) is -0.00919. The standard InChI is InChI=1S/C54H34O2S6/c1-56-36-24-39(34-18-10-4-11-19-34)50(40(25-36)35-20-12-5-13-21-35)44-29-48-54(62-44)52-46(58-48)27-42(60-52)41-26-45-51(59-41)53-47(57-45)28-43(61-53)49-37(32-14-6-2-7-15-32)22-31(30-55)23-38(49)33-16-8-3-9-17-33/h2-29,55H,30H2,1H3. The minimum atomic E-state index is -0.00919. The molecule has 0 radical (unpaired) electrons. The molecule has 0 saturated heterocycles. The molecule has 8 heteroatoms. The van der Waals surface area contributed by atoms with E-state index in [1.165, 1.54) is 90.5 Å². The molecule has 0 spiro atoms. The molecule has 6 aromatic carbocycles. The molecule has 0 aliphatic heterocycles. The van der Waals surface area contributed by atoms with E-state index < -0.39 is 0 Å². The fraction of sp³-hybridized carbons (Fsp3) is 0.0370. The van der Waals surface area contributed by atoms with Gasteiger partial charge in [0, 0.05) is 49.4 Å². The van der Waals surface area contributed by atoms with Crippen LogP contribution in [0.2, 0.25) is 0 Å². The summed E-state index contributed by atoms with van der Waals surface area (Å²) in [5.41, 5.74) is 12.7. The average molecular weight is 907 g/mol. The van der Waals surface area contributed by atoms with Crippen LogP contribution in [0, 0.1) is 0 Å². The van der Waals surface area contributed by atoms with Crippen LogP contribution in [0.15, 0.2) is 170 Å². The Labute approximate surface area is 382 Å². The lowest BCUT2D eigenvalue weighted by Gasteiger charge is -2.17. The Morgan fingerprint density at radius 3 is 1.00 bits per heavy atom. The number of ether oxygens (including phenoxy) is 1. The molecule has 12 rings (SSSR count). The molecular formula is C54H34O2S6. The second-order valence-corrected chi connectivity index (χ2v) is 21.6. The van der Waals surface area contributed by atoms with Gasteiger partial charge in [-0.05, 0) is 98.6 Å². The fourth-order valence-electron chi connectivity index (χ4n) is 8.60. The van der Waals surface area contributed by atoms with Gasteiger partial charge < -0.3 is 9.84 Å². The van der Waals surface area contributed by atoms with Crippen LogP contribution in [0.5, 0.6) is 5.75 Å². The predicted molar refractivity (Wildman–Crippen MR) is 274 cm³/mol. The van der Waals surface area contributed by atoms with Crippen LogP contribution in [0.1, 0.15) is 5.56 Å². The normalized spacial score (nSPS) is 11.8. The number of aliphatic hydroxyl groups excluding tert-OH is 1. The summed E-state index contributed by atoms with van der Waals surface area (Å²) in [6, 6.07) is 61.0. The van der Waals surface area contributed by atoms with Crippen molar-refractivity contribution in [2.45, 2.75) is 6.61 Å². The Morgan fingerprint density at radius 1 is 0.371 bits per heavy atom. The highest BCUT2D eigenvalue weighted by Gasteiger charge is 2.24. The van der Waals surface area contributed by atoms with Crippen molar-refractivity contribution < 1.29 is 9.84 Å². The lowest BCUT2D eigenvalue weighted by atomic mass is 9.89. The number of fused-ring (bicyclic) bond motifs is 6. The van der Waals surface area contributed by atoms with E-state index in [-0.39, 0.29) is 6.61 Å². The van der Waals surface area contributed by atoms with Crippen molar-refractivity contribution in [1.82, 2.24) is 0 Å². The van der Waals surface area contributed by atoms with Crippen LogP contribution in [0.3, 0.4) is 0 Å². The quantitative estimate of drug-likeness (QED) is 0.156. The third-order valence-electron chi connectivity index (χ3n) is 11.4. The molecule has 0 aliphatic rings. The number of thiophene rings is 6. The summed E-state index contributed by atoms with van der Waals surface area (Å²) in [6.07, 6.45) is 0. The van der Waals surface area contributed by atoms with Gasteiger partial charge in [-0.15, -0.1) is 68.0 Å². The highest BCUT2D eigenvalue weighted by Crippen LogP contribution is 2.55. The van der Waals surface area contributed by atoms with Gasteiger partial charge in [0.1, 0.15) is 5.75 Å². The average Bonchev–Trinajstić information content (AvgIpc) is 4.19. The minimum absolute atomic E-state index is 0.00919. The van der Waals surface area contributed by atoms with Crippen LogP contribution in [0.25, 0.3) is 113 Å². The van der Waals surface area contributed by atoms with Crippen molar-refractivity contribution in [3.63, 3.8) is 0 Å². The smallest absolute Gasteiger partial charge is 0.120 e. The van der Waals surface area contributed by atoms with Gasteiger partial charge in [-0.3, -0.25) is 0 Å². The molecule has 1 N–H and O–H groups in total. The largest absolute Gasteiger partial charge is 0.497 e. The first-order valence-electron chi connectivity index (χ1n) is 20.2. The van der Waals surface area contributed by atoms with Crippen molar-refractivity contribution in [1.29, 1.82) is 0 Å². The van der Waals surface area contributed by atoms with E-state index in [4.69, 9.17) is 4.74 Å². The van der Waals surface area contributed by atoms with E-state index >= 15 is 0 Å². The van der Waals surface area contributed by atoms with Gasteiger partial charge in [0.15, 0.2) is 0 Å². The number of methoxy groups -OCH3 is 1. The first-order valence-corrected chi connectivity index (χ1v) is 25.1. The zero-order chi connectivity index (χ0) is 41.3.